The zero-order chi connectivity index (χ0) is 19.0. The van der Waals surface area contributed by atoms with Gasteiger partial charge in [-0.2, -0.15) is 0 Å². The number of benzene rings is 2. The summed E-state index contributed by atoms with van der Waals surface area (Å²) >= 11 is 3.73. The smallest absolute Gasteiger partial charge is 0.157 e. The van der Waals surface area contributed by atoms with Gasteiger partial charge in [0.1, 0.15) is 12.2 Å². The molecule has 0 N–H and O–H groups in total. The lowest BCUT2D eigenvalue weighted by molar-refractivity contribution is 0.0603. The van der Waals surface area contributed by atoms with Gasteiger partial charge in [-0.1, -0.05) is 36.4 Å². The third kappa shape index (κ3) is 5.62. The number of hydrogen-bond donors (Lipinski definition) is 0. The Kier molecular flexibility index (Phi) is 7.07. The van der Waals surface area contributed by atoms with E-state index in [9.17, 15) is 0 Å². The van der Waals surface area contributed by atoms with Crippen LogP contribution in [0, 0.1) is 0 Å². The summed E-state index contributed by atoms with van der Waals surface area (Å²) in [5, 5.41) is 0. The largest absolute Gasteiger partial charge is 0.486 e. The van der Waals surface area contributed by atoms with Gasteiger partial charge in [0.05, 0.1) is 0 Å². The van der Waals surface area contributed by atoms with E-state index in [4.69, 9.17) is 9.47 Å². The minimum absolute atomic E-state index is 0.244. The highest BCUT2D eigenvalue weighted by atomic mass is 32.2. The van der Waals surface area contributed by atoms with E-state index in [0.29, 0.717) is 0 Å². The molecule has 0 amide bonds. The van der Waals surface area contributed by atoms with Crippen LogP contribution in [0.25, 0.3) is 0 Å². The maximum absolute atomic E-state index is 6.30. The number of rotatable bonds is 7. The summed E-state index contributed by atoms with van der Waals surface area (Å²) in [7, 11) is 0. The molecule has 28 heavy (non-hydrogen) atoms. The first kappa shape index (κ1) is 19.5. The maximum atomic E-state index is 6.30. The van der Waals surface area contributed by atoms with Crippen molar-refractivity contribution >= 4 is 23.5 Å². The second-order valence-corrected chi connectivity index (χ2v) is 9.21. The third-order valence-corrected chi connectivity index (χ3v) is 7.11. The highest BCUT2D eigenvalue weighted by Gasteiger charge is 2.24. The molecule has 4 rings (SSSR count). The van der Waals surface area contributed by atoms with Crippen LogP contribution in [0.3, 0.4) is 0 Å². The molecule has 0 unspecified atom stereocenters. The minimum Gasteiger partial charge on any atom is -0.486 e. The Morgan fingerprint density at radius 1 is 0.643 bits per heavy atom. The molecule has 0 radical (unpaired) electrons. The van der Waals surface area contributed by atoms with E-state index in [0.717, 1.165) is 48.7 Å². The van der Waals surface area contributed by atoms with Gasteiger partial charge in [-0.3, -0.25) is 0 Å². The summed E-state index contributed by atoms with van der Waals surface area (Å²) in [4.78, 5) is 2.60. The number of ether oxygens (including phenoxy) is 2. The Hall–Kier alpha value is -1.78. The number of thioether (sulfide) groups is 2. The average molecular weight is 411 g/mol. The molecule has 0 fully saturated rings. The molecule has 2 nitrogen and oxygen atoms in total. The van der Waals surface area contributed by atoms with E-state index >= 15 is 0 Å². The summed E-state index contributed by atoms with van der Waals surface area (Å²) in [5.41, 5.74) is 0. The predicted molar refractivity (Wildman–Crippen MR) is 119 cm³/mol. The summed E-state index contributed by atoms with van der Waals surface area (Å²) in [6, 6.07) is 21.1. The fourth-order valence-corrected chi connectivity index (χ4v) is 5.26. The molecule has 2 aromatic carbocycles. The average Bonchev–Trinajstić information content (AvgIpc) is 2.78. The SMILES string of the molecule is C1=C(C2=CCC[C@H](CSc3ccccc3)O2)O[C@@H](CSc2ccccc2)CC1. The fraction of sp³-hybridized carbons (Fsp3) is 0.333. The minimum atomic E-state index is 0.244. The molecule has 4 heteroatoms. The van der Waals surface area contributed by atoms with Crippen molar-refractivity contribution in [2.45, 2.75) is 47.7 Å². The Morgan fingerprint density at radius 3 is 1.50 bits per heavy atom. The van der Waals surface area contributed by atoms with Crippen LogP contribution in [0.15, 0.2) is 94.1 Å². The Balaban J connectivity index is 1.28. The molecule has 0 saturated heterocycles. The van der Waals surface area contributed by atoms with E-state index < -0.39 is 0 Å². The number of hydrogen-bond acceptors (Lipinski definition) is 4. The molecule has 0 spiro atoms. The van der Waals surface area contributed by atoms with Crippen molar-refractivity contribution in [1.82, 2.24) is 0 Å². The Labute approximate surface area is 176 Å². The second kappa shape index (κ2) is 10.1. The van der Waals surface area contributed by atoms with Crippen LogP contribution in [0.2, 0.25) is 0 Å². The topological polar surface area (TPSA) is 18.5 Å². The van der Waals surface area contributed by atoms with Crippen molar-refractivity contribution in [2.75, 3.05) is 11.5 Å². The van der Waals surface area contributed by atoms with E-state index in [2.05, 4.69) is 72.8 Å². The summed E-state index contributed by atoms with van der Waals surface area (Å²) < 4.78 is 12.6. The van der Waals surface area contributed by atoms with Crippen molar-refractivity contribution in [3.63, 3.8) is 0 Å². The van der Waals surface area contributed by atoms with Gasteiger partial charge in [-0.15, -0.1) is 23.5 Å². The zero-order valence-electron chi connectivity index (χ0n) is 16.0. The lowest BCUT2D eigenvalue weighted by Gasteiger charge is -2.30. The first-order chi connectivity index (χ1) is 13.9. The van der Waals surface area contributed by atoms with Crippen molar-refractivity contribution in [2.24, 2.45) is 0 Å². The van der Waals surface area contributed by atoms with Crippen LogP contribution in [-0.2, 0) is 9.47 Å². The molecule has 2 aliphatic heterocycles. The van der Waals surface area contributed by atoms with Gasteiger partial charge in [-0.25, -0.2) is 0 Å². The van der Waals surface area contributed by atoms with Gasteiger partial charge >= 0.3 is 0 Å². The van der Waals surface area contributed by atoms with E-state index in [1.807, 2.05) is 23.5 Å². The molecule has 2 aromatic rings. The van der Waals surface area contributed by atoms with E-state index in [1.165, 1.54) is 9.79 Å². The molecule has 0 saturated carbocycles. The monoisotopic (exact) mass is 410 g/mol. The quantitative estimate of drug-likeness (QED) is 0.473. The van der Waals surface area contributed by atoms with Crippen LogP contribution in [0.4, 0.5) is 0 Å². The van der Waals surface area contributed by atoms with Crippen molar-refractivity contribution in [3.8, 4) is 0 Å². The molecule has 0 aliphatic carbocycles. The first-order valence-electron chi connectivity index (χ1n) is 9.96. The van der Waals surface area contributed by atoms with Crippen LogP contribution in [0.5, 0.6) is 0 Å². The van der Waals surface area contributed by atoms with Crippen molar-refractivity contribution in [3.05, 3.63) is 84.3 Å². The molecule has 0 aromatic heterocycles. The Bertz CT molecular complexity index is 732. The number of allylic oxidation sites excluding steroid dienone is 2. The van der Waals surface area contributed by atoms with Gasteiger partial charge in [0.2, 0.25) is 0 Å². The Morgan fingerprint density at radius 2 is 1.07 bits per heavy atom. The highest BCUT2D eigenvalue weighted by molar-refractivity contribution is 7.99. The van der Waals surface area contributed by atoms with Crippen molar-refractivity contribution in [1.29, 1.82) is 0 Å². The van der Waals surface area contributed by atoms with E-state index in [1.54, 1.807) is 0 Å². The van der Waals surface area contributed by atoms with Gasteiger partial charge in [0.15, 0.2) is 11.5 Å². The summed E-state index contributed by atoms with van der Waals surface area (Å²) in [6.45, 7) is 0. The van der Waals surface area contributed by atoms with Gasteiger partial charge in [0.25, 0.3) is 0 Å². The summed E-state index contributed by atoms with van der Waals surface area (Å²) in [6.07, 6.45) is 9.14. The molecule has 0 bridgehead atoms. The zero-order valence-corrected chi connectivity index (χ0v) is 17.6. The molecule has 2 atom stereocenters. The first-order valence-corrected chi connectivity index (χ1v) is 11.9. The molecule has 2 heterocycles. The van der Waals surface area contributed by atoms with Gasteiger partial charge < -0.3 is 9.47 Å². The van der Waals surface area contributed by atoms with Gasteiger partial charge in [0, 0.05) is 21.3 Å². The third-order valence-electron chi connectivity index (χ3n) is 4.83. The summed E-state index contributed by atoms with van der Waals surface area (Å²) in [5.74, 6) is 3.84. The lowest BCUT2D eigenvalue weighted by atomic mass is 10.1. The normalized spacial score (nSPS) is 21.9. The standard InChI is InChI=1S/C24H26O2S2/c1-3-11-21(12-4-1)27-17-19-9-7-15-23(25-19)24-16-8-10-20(26-24)18-28-22-13-5-2-6-14-22/h1-6,11-16,19-20H,7-10,17-18H2/t19-,20-/m1/s1. The van der Waals surface area contributed by atoms with Crippen LogP contribution in [0.1, 0.15) is 25.7 Å². The van der Waals surface area contributed by atoms with Crippen LogP contribution >= 0.6 is 23.5 Å². The maximum Gasteiger partial charge on any atom is 0.157 e. The molecule has 2 aliphatic rings. The molecular weight excluding hydrogens is 384 g/mol. The van der Waals surface area contributed by atoms with E-state index in [-0.39, 0.29) is 12.2 Å². The highest BCUT2D eigenvalue weighted by Crippen LogP contribution is 2.32. The lowest BCUT2D eigenvalue weighted by Crippen LogP contribution is -2.24. The van der Waals surface area contributed by atoms with Gasteiger partial charge in [-0.05, 0) is 62.1 Å². The second-order valence-electron chi connectivity index (χ2n) is 7.02. The van der Waals surface area contributed by atoms with Crippen LogP contribution in [-0.4, -0.2) is 23.7 Å². The molecular formula is C24H26O2S2. The van der Waals surface area contributed by atoms with Crippen LogP contribution < -0.4 is 0 Å². The molecule has 146 valence electrons. The fourth-order valence-electron chi connectivity index (χ4n) is 3.34. The van der Waals surface area contributed by atoms with Crippen molar-refractivity contribution < 1.29 is 9.47 Å². The predicted octanol–water partition coefficient (Wildman–Crippen LogP) is 6.70.